The molecule has 0 saturated heterocycles. The molecule has 2 aliphatic carbocycles. The lowest BCUT2D eigenvalue weighted by Crippen LogP contribution is -2.42. The molecule has 0 aromatic heterocycles. The van der Waals surface area contributed by atoms with Gasteiger partial charge in [-0.25, -0.2) is 4.79 Å². The van der Waals surface area contributed by atoms with Crippen molar-refractivity contribution in [2.24, 2.45) is 17.8 Å². The van der Waals surface area contributed by atoms with E-state index >= 15 is 0 Å². The maximum Gasteiger partial charge on any atom is 0.321 e. The number of nitrogens with zero attached hydrogens (tertiary/aromatic N) is 2. The number of benzene rings is 3. The van der Waals surface area contributed by atoms with Gasteiger partial charge in [0.05, 0.1) is 0 Å². The number of urea groups is 1. The summed E-state index contributed by atoms with van der Waals surface area (Å²) in [6, 6.07) is 31.8. The van der Waals surface area contributed by atoms with Gasteiger partial charge in [0, 0.05) is 38.4 Å². The van der Waals surface area contributed by atoms with Crippen molar-refractivity contribution in [2.45, 2.75) is 84.7 Å². The summed E-state index contributed by atoms with van der Waals surface area (Å²) in [5.74, 6) is 1.96. The molecule has 2 amide bonds. The number of rotatable bonds is 11. The Hall–Kier alpha value is -3.11. The van der Waals surface area contributed by atoms with Gasteiger partial charge in [-0.05, 0) is 79.5 Å². The molecule has 2 aliphatic rings. The molecular formula is C38H53N3O. The standard InChI is InChI=1S/C36H47N3O.C2H6/c40-36(37-35-19-11-4-12-20-35)39(28-32-17-9-3-10-18-32)29-34-23-21-33(22-24-34)27-38(25-30-13-5-1-6-14-30)26-31-15-7-2-8-16-31;1-2/h1-2,4-8,11-16,19-20,32-34H,3,9-10,17-18,21-29H2,(H,37,40);1-2H3. The van der Waals surface area contributed by atoms with Crippen molar-refractivity contribution in [3.05, 3.63) is 102 Å². The number of anilines is 1. The first-order valence-electron chi connectivity index (χ1n) is 16.6. The molecule has 42 heavy (non-hydrogen) atoms. The molecule has 2 fully saturated rings. The zero-order chi connectivity index (χ0) is 29.4. The average Bonchev–Trinajstić information content (AvgIpc) is 3.04. The number of carbonyl (C=O) groups excluding carboxylic acids is 1. The van der Waals surface area contributed by atoms with Gasteiger partial charge in [0.15, 0.2) is 0 Å². The molecular weight excluding hydrogens is 514 g/mol. The highest BCUT2D eigenvalue weighted by molar-refractivity contribution is 5.89. The molecule has 0 heterocycles. The van der Waals surface area contributed by atoms with E-state index < -0.39 is 0 Å². The monoisotopic (exact) mass is 567 g/mol. The van der Waals surface area contributed by atoms with Crippen LogP contribution in [0, 0.1) is 17.8 Å². The van der Waals surface area contributed by atoms with E-state index in [0.29, 0.717) is 17.8 Å². The summed E-state index contributed by atoms with van der Waals surface area (Å²) in [5, 5.41) is 3.18. The second-order valence-corrected chi connectivity index (χ2v) is 12.2. The fourth-order valence-corrected chi connectivity index (χ4v) is 6.79. The zero-order valence-corrected chi connectivity index (χ0v) is 26.1. The van der Waals surface area contributed by atoms with Crippen molar-refractivity contribution >= 4 is 11.7 Å². The number of hydrogen-bond donors (Lipinski definition) is 1. The Balaban J connectivity index is 0.00000198. The van der Waals surface area contributed by atoms with Crippen molar-refractivity contribution in [2.75, 3.05) is 25.0 Å². The highest BCUT2D eigenvalue weighted by atomic mass is 16.2. The van der Waals surface area contributed by atoms with Gasteiger partial charge < -0.3 is 10.2 Å². The van der Waals surface area contributed by atoms with E-state index in [1.54, 1.807) is 0 Å². The third-order valence-corrected chi connectivity index (χ3v) is 8.97. The summed E-state index contributed by atoms with van der Waals surface area (Å²) in [7, 11) is 0. The Bertz CT molecular complexity index is 1080. The molecule has 0 spiro atoms. The largest absolute Gasteiger partial charge is 0.324 e. The first-order chi connectivity index (χ1) is 20.7. The summed E-state index contributed by atoms with van der Waals surface area (Å²) < 4.78 is 0. The van der Waals surface area contributed by atoms with Crippen molar-refractivity contribution in [1.82, 2.24) is 9.80 Å². The predicted octanol–water partition coefficient (Wildman–Crippen LogP) is 9.64. The van der Waals surface area contributed by atoms with Crippen LogP contribution in [0.5, 0.6) is 0 Å². The van der Waals surface area contributed by atoms with E-state index in [4.69, 9.17) is 0 Å². The number of carbonyl (C=O) groups is 1. The van der Waals surface area contributed by atoms with Gasteiger partial charge in [0.1, 0.15) is 0 Å². The first kappa shape index (κ1) is 31.8. The van der Waals surface area contributed by atoms with Crippen LogP contribution in [0.4, 0.5) is 10.5 Å². The molecule has 3 aromatic carbocycles. The van der Waals surface area contributed by atoms with Gasteiger partial charge in [-0.15, -0.1) is 0 Å². The van der Waals surface area contributed by atoms with Gasteiger partial charge in [-0.2, -0.15) is 0 Å². The van der Waals surface area contributed by atoms with E-state index in [2.05, 4.69) is 75.8 Å². The minimum Gasteiger partial charge on any atom is -0.324 e. The van der Waals surface area contributed by atoms with Crippen LogP contribution in [0.1, 0.15) is 82.8 Å². The van der Waals surface area contributed by atoms with Crippen LogP contribution in [0.25, 0.3) is 0 Å². The normalized spacial score (nSPS) is 19.0. The van der Waals surface area contributed by atoms with Gasteiger partial charge >= 0.3 is 6.03 Å². The van der Waals surface area contributed by atoms with E-state index in [1.807, 2.05) is 44.2 Å². The molecule has 0 bridgehead atoms. The quantitative estimate of drug-likeness (QED) is 0.250. The predicted molar refractivity (Wildman–Crippen MR) is 177 cm³/mol. The van der Waals surface area contributed by atoms with Crippen LogP contribution in [0.2, 0.25) is 0 Å². The second kappa shape index (κ2) is 17.8. The number of para-hydroxylation sites is 1. The van der Waals surface area contributed by atoms with Crippen LogP contribution in [-0.2, 0) is 13.1 Å². The zero-order valence-electron chi connectivity index (χ0n) is 26.1. The number of nitrogens with one attached hydrogen (secondary N) is 1. The third-order valence-electron chi connectivity index (χ3n) is 8.97. The number of amides is 2. The van der Waals surface area contributed by atoms with Crippen LogP contribution in [0.3, 0.4) is 0 Å². The molecule has 5 rings (SSSR count). The maximum absolute atomic E-state index is 13.4. The fraction of sp³-hybridized carbons (Fsp3) is 0.500. The Morgan fingerprint density at radius 3 is 1.52 bits per heavy atom. The fourth-order valence-electron chi connectivity index (χ4n) is 6.79. The van der Waals surface area contributed by atoms with Crippen LogP contribution in [-0.4, -0.2) is 35.5 Å². The molecule has 0 aliphatic heterocycles. The lowest BCUT2D eigenvalue weighted by Gasteiger charge is -2.36. The Morgan fingerprint density at radius 1 is 0.595 bits per heavy atom. The van der Waals surface area contributed by atoms with E-state index in [0.717, 1.165) is 38.4 Å². The highest BCUT2D eigenvalue weighted by Crippen LogP contribution is 2.32. The molecule has 0 radical (unpaired) electrons. The molecule has 0 atom stereocenters. The topological polar surface area (TPSA) is 35.6 Å². The summed E-state index contributed by atoms with van der Waals surface area (Å²) >= 11 is 0. The first-order valence-corrected chi connectivity index (χ1v) is 16.6. The Morgan fingerprint density at radius 2 is 1.02 bits per heavy atom. The lowest BCUT2D eigenvalue weighted by atomic mass is 9.81. The Labute approximate surface area is 255 Å². The number of hydrogen-bond acceptors (Lipinski definition) is 2. The molecule has 0 unspecified atom stereocenters. The molecule has 1 N–H and O–H groups in total. The summed E-state index contributed by atoms with van der Waals surface area (Å²) in [4.78, 5) is 18.2. The lowest BCUT2D eigenvalue weighted by molar-refractivity contribution is 0.140. The molecule has 4 heteroatoms. The van der Waals surface area contributed by atoms with Crippen molar-refractivity contribution in [3.63, 3.8) is 0 Å². The van der Waals surface area contributed by atoms with Gasteiger partial charge in [-0.3, -0.25) is 4.90 Å². The van der Waals surface area contributed by atoms with Crippen LogP contribution >= 0.6 is 0 Å². The Kier molecular flexibility index (Phi) is 13.5. The molecule has 3 aromatic rings. The van der Waals surface area contributed by atoms with Gasteiger partial charge in [-0.1, -0.05) is 112 Å². The van der Waals surface area contributed by atoms with Crippen LogP contribution in [0.15, 0.2) is 91.0 Å². The van der Waals surface area contributed by atoms with E-state index in [-0.39, 0.29) is 6.03 Å². The molecule has 2 saturated carbocycles. The summed E-state index contributed by atoms with van der Waals surface area (Å²) in [5.41, 5.74) is 3.66. The van der Waals surface area contributed by atoms with Crippen molar-refractivity contribution in [3.8, 4) is 0 Å². The third kappa shape index (κ3) is 10.6. The SMILES string of the molecule is CC.O=C(Nc1ccccc1)N(CC1CCCCC1)CC1CCC(CN(Cc2ccccc2)Cc2ccccc2)CC1. The van der Waals surface area contributed by atoms with E-state index in [1.165, 1.54) is 68.9 Å². The maximum atomic E-state index is 13.4. The molecule has 4 nitrogen and oxygen atoms in total. The molecule has 226 valence electrons. The minimum absolute atomic E-state index is 0.0794. The average molecular weight is 568 g/mol. The van der Waals surface area contributed by atoms with Gasteiger partial charge in [0.2, 0.25) is 0 Å². The minimum atomic E-state index is 0.0794. The summed E-state index contributed by atoms with van der Waals surface area (Å²) in [6.07, 6.45) is 11.4. The van der Waals surface area contributed by atoms with Crippen molar-refractivity contribution < 1.29 is 4.79 Å². The van der Waals surface area contributed by atoms with E-state index in [9.17, 15) is 4.79 Å². The van der Waals surface area contributed by atoms with Crippen molar-refractivity contribution in [1.29, 1.82) is 0 Å². The second-order valence-electron chi connectivity index (χ2n) is 12.2. The summed E-state index contributed by atoms with van der Waals surface area (Å²) in [6.45, 7) is 8.91. The van der Waals surface area contributed by atoms with Gasteiger partial charge in [0.25, 0.3) is 0 Å². The smallest absolute Gasteiger partial charge is 0.321 e. The van der Waals surface area contributed by atoms with Crippen LogP contribution < -0.4 is 5.32 Å². The highest BCUT2D eigenvalue weighted by Gasteiger charge is 2.28.